The molecule has 2 heterocycles. The minimum Gasteiger partial charge on any atom is -0.452 e. The van der Waals surface area contributed by atoms with Gasteiger partial charge in [0.15, 0.2) is 15.9 Å². The smallest absolute Gasteiger partial charge is 0.309 e. The Morgan fingerprint density at radius 1 is 1.13 bits per heavy atom. The number of piperidine rings is 1. The van der Waals surface area contributed by atoms with E-state index in [0.29, 0.717) is 19.3 Å². The number of sulfone groups is 1. The van der Waals surface area contributed by atoms with Crippen molar-refractivity contribution in [3.63, 3.8) is 0 Å². The molecule has 2 aliphatic heterocycles. The average Bonchev–Trinajstić information content (AvgIpc) is 3.13. The average molecular weight is 473 g/mol. The molecule has 2 fully saturated rings. The van der Waals surface area contributed by atoms with Crippen molar-refractivity contribution in [2.75, 3.05) is 31.6 Å². The summed E-state index contributed by atoms with van der Waals surface area (Å²) in [5, 5.41) is 0. The molecule has 2 atom stereocenters. The number of sulfonamides is 1. The van der Waals surface area contributed by atoms with Crippen molar-refractivity contribution in [3.05, 3.63) is 30.3 Å². The first kappa shape index (κ1) is 23.7. The zero-order chi connectivity index (χ0) is 22.8. The molecule has 11 heteroatoms. The number of amides is 1. The highest BCUT2D eigenvalue weighted by Gasteiger charge is 2.37. The molecule has 31 heavy (non-hydrogen) atoms. The van der Waals surface area contributed by atoms with E-state index in [2.05, 4.69) is 0 Å². The summed E-state index contributed by atoms with van der Waals surface area (Å²) >= 11 is 0. The molecular formula is C20H28N2O7S2. The lowest BCUT2D eigenvalue weighted by Crippen LogP contribution is -2.45. The first-order chi connectivity index (χ1) is 14.5. The molecule has 1 aromatic rings. The van der Waals surface area contributed by atoms with Gasteiger partial charge in [0.25, 0.3) is 5.91 Å². The van der Waals surface area contributed by atoms with E-state index in [0.717, 1.165) is 0 Å². The van der Waals surface area contributed by atoms with E-state index in [1.54, 1.807) is 18.2 Å². The third-order valence-corrected chi connectivity index (χ3v) is 9.58. The quantitative estimate of drug-likeness (QED) is 0.558. The molecule has 0 N–H and O–H groups in total. The minimum atomic E-state index is -3.61. The SMILES string of the molecule is CC(OC(=O)C1CCN(S(=O)(=O)c2ccccc2)CC1)C(=O)N(C)C1CCS(=O)(=O)C1. The number of benzene rings is 1. The standard InChI is InChI=1S/C20H28N2O7S2/c1-15(19(23)21(2)17-10-13-30(25,26)14-17)29-20(24)16-8-11-22(12-9-16)31(27,28)18-6-4-3-5-7-18/h3-7,15-17H,8-14H2,1-2H3. The van der Waals surface area contributed by atoms with Crippen LogP contribution in [0.2, 0.25) is 0 Å². The number of esters is 1. The van der Waals surface area contributed by atoms with Crippen LogP contribution in [-0.2, 0) is 34.2 Å². The van der Waals surface area contributed by atoms with Crippen molar-refractivity contribution in [2.24, 2.45) is 5.92 Å². The van der Waals surface area contributed by atoms with E-state index in [9.17, 15) is 26.4 Å². The summed E-state index contributed by atoms with van der Waals surface area (Å²) in [6.07, 6.45) is -0.0446. The maximum Gasteiger partial charge on any atom is 0.309 e. The number of ether oxygens (including phenoxy) is 1. The van der Waals surface area contributed by atoms with Crippen molar-refractivity contribution in [3.8, 4) is 0 Å². The summed E-state index contributed by atoms with van der Waals surface area (Å²) in [5.74, 6) is -1.50. The zero-order valence-corrected chi connectivity index (χ0v) is 19.3. The third kappa shape index (κ3) is 5.45. The van der Waals surface area contributed by atoms with Crippen LogP contribution in [-0.4, -0.2) is 81.7 Å². The summed E-state index contributed by atoms with van der Waals surface area (Å²) in [6.45, 7) is 1.85. The molecule has 172 valence electrons. The Kier molecular flexibility index (Phi) is 7.07. The number of hydrogen-bond acceptors (Lipinski definition) is 7. The maximum atomic E-state index is 12.7. The van der Waals surface area contributed by atoms with Gasteiger partial charge in [0.1, 0.15) is 0 Å². The zero-order valence-electron chi connectivity index (χ0n) is 17.6. The monoisotopic (exact) mass is 472 g/mol. The van der Waals surface area contributed by atoms with Crippen molar-refractivity contribution < 1.29 is 31.2 Å². The van der Waals surface area contributed by atoms with Gasteiger partial charge in [0.2, 0.25) is 10.0 Å². The van der Waals surface area contributed by atoms with Crippen LogP contribution in [0.3, 0.4) is 0 Å². The molecule has 2 unspecified atom stereocenters. The van der Waals surface area contributed by atoms with Crippen LogP contribution in [0, 0.1) is 5.92 Å². The van der Waals surface area contributed by atoms with Gasteiger partial charge in [-0.1, -0.05) is 18.2 Å². The van der Waals surface area contributed by atoms with Crippen LogP contribution in [0.15, 0.2) is 35.2 Å². The molecule has 0 aromatic heterocycles. The van der Waals surface area contributed by atoms with Gasteiger partial charge in [0, 0.05) is 26.2 Å². The molecule has 0 bridgehead atoms. The van der Waals surface area contributed by atoms with Crippen molar-refractivity contribution in [1.82, 2.24) is 9.21 Å². The van der Waals surface area contributed by atoms with Gasteiger partial charge in [0.05, 0.1) is 22.3 Å². The highest BCUT2D eigenvalue weighted by molar-refractivity contribution is 7.91. The van der Waals surface area contributed by atoms with E-state index in [-0.39, 0.29) is 29.5 Å². The van der Waals surface area contributed by atoms with Gasteiger partial charge in [-0.15, -0.1) is 0 Å². The largest absolute Gasteiger partial charge is 0.452 e. The van der Waals surface area contributed by atoms with Crippen molar-refractivity contribution in [2.45, 2.75) is 43.2 Å². The van der Waals surface area contributed by atoms with Crippen molar-refractivity contribution >= 4 is 31.7 Å². The predicted molar refractivity (Wildman–Crippen MR) is 113 cm³/mol. The Balaban J connectivity index is 1.52. The fourth-order valence-electron chi connectivity index (χ4n) is 3.94. The van der Waals surface area contributed by atoms with Crippen LogP contribution in [0.25, 0.3) is 0 Å². The Morgan fingerprint density at radius 2 is 1.74 bits per heavy atom. The van der Waals surface area contributed by atoms with Crippen LogP contribution in [0.1, 0.15) is 26.2 Å². The van der Waals surface area contributed by atoms with Gasteiger partial charge >= 0.3 is 5.97 Å². The van der Waals surface area contributed by atoms with Gasteiger partial charge in [-0.25, -0.2) is 16.8 Å². The molecule has 0 spiro atoms. The second kappa shape index (κ2) is 9.25. The van der Waals surface area contributed by atoms with E-state index in [4.69, 9.17) is 4.74 Å². The summed E-state index contributed by atoms with van der Waals surface area (Å²) < 4.78 is 55.4. The summed E-state index contributed by atoms with van der Waals surface area (Å²) in [6, 6.07) is 7.72. The van der Waals surface area contributed by atoms with Gasteiger partial charge in [-0.3, -0.25) is 9.59 Å². The molecule has 0 radical (unpaired) electrons. The van der Waals surface area contributed by atoms with Gasteiger partial charge in [-0.05, 0) is 38.3 Å². The molecule has 1 amide bonds. The molecule has 9 nitrogen and oxygen atoms in total. The number of hydrogen-bond donors (Lipinski definition) is 0. The Bertz CT molecular complexity index is 1020. The predicted octanol–water partition coefficient (Wildman–Crippen LogP) is 0.665. The molecule has 0 saturated carbocycles. The normalized spacial score (nSPS) is 23.2. The fourth-order valence-corrected chi connectivity index (χ4v) is 7.21. The van der Waals surface area contributed by atoms with E-state index in [1.165, 1.54) is 35.3 Å². The molecular weight excluding hydrogens is 444 g/mol. The lowest BCUT2D eigenvalue weighted by molar-refractivity contribution is -0.163. The van der Waals surface area contributed by atoms with Crippen molar-refractivity contribution in [1.29, 1.82) is 0 Å². The highest BCUT2D eigenvalue weighted by Crippen LogP contribution is 2.25. The number of carbonyl (C=O) groups excluding carboxylic acids is 2. The Hall–Kier alpha value is -1.98. The second-order valence-electron chi connectivity index (χ2n) is 8.08. The molecule has 2 saturated heterocycles. The highest BCUT2D eigenvalue weighted by atomic mass is 32.2. The summed E-state index contributed by atoms with van der Waals surface area (Å²) in [5.41, 5.74) is 0. The molecule has 3 rings (SSSR count). The van der Waals surface area contributed by atoms with Crippen LogP contribution < -0.4 is 0 Å². The summed E-state index contributed by atoms with van der Waals surface area (Å²) in [7, 11) is -5.22. The number of rotatable bonds is 6. The van der Waals surface area contributed by atoms with Crippen LogP contribution in [0.4, 0.5) is 0 Å². The number of nitrogens with zero attached hydrogens (tertiary/aromatic N) is 2. The lowest BCUT2D eigenvalue weighted by Gasteiger charge is -2.31. The third-order valence-electron chi connectivity index (χ3n) is 5.91. The van der Waals surface area contributed by atoms with E-state index >= 15 is 0 Å². The Morgan fingerprint density at radius 3 is 2.29 bits per heavy atom. The van der Waals surface area contributed by atoms with Crippen LogP contribution >= 0.6 is 0 Å². The van der Waals surface area contributed by atoms with E-state index in [1.807, 2.05) is 0 Å². The van der Waals surface area contributed by atoms with Crippen LogP contribution in [0.5, 0.6) is 0 Å². The molecule has 2 aliphatic rings. The minimum absolute atomic E-state index is 0.0495. The first-order valence-corrected chi connectivity index (χ1v) is 13.5. The van der Waals surface area contributed by atoms with Gasteiger partial charge < -0.3 is 9.64 Å². The number of likely N-dealkylation sites (N-methyl/N-ethyl adjacent to an activating group) is 1. The molecule has 0 aliphatic carbocycles. The second-order valence-corrected chi connectivity index (χ2v) is 12.2. The topological polar surface area (TPSA) is 118 Å². The van der Waals surface area contributed by atoms with Gasteiger partial charge in [-0.2, -0.15) is 4.31 Å². The summed E-state index contributed by atoms with van der Waals surface area (Å²) in [4.78, 5) is 26.7. The number of carbonyl (C=O) groups is 2. The first-order valence-electron chi connectivity index (χ1n) is 10.2. The van der Waals surface area contributed by atoms with E-state index < -0.39 is 49.8 Å². The molecule has 1 aromatic carbocycles. The Labute approximate surface area is 183 Å². The fraction of sp³-hybridized carbons (Fsp3) is 0.600. The lowest BCUT2D eigenvalue weighted by atomic mass is 9.98. The maximum absolute atomic E-state index is 12.7.